The van der Waals surface area contributed by atoms with Crippen molar-refractivity contribution in [2.24, 2.45) is 5.73 Å². The molecular formula is C14H10F3N5O. The van der Waals surface area contributed by atoms with Crippen LogP contribution in [0.1, 0.15) is 5.69 Å². The number of carbonyl (C=O) groups is 1. The third-order valence-corrected chi connectivity index (χ3v) is 3.19. The van der Waals surface area contributed by atoms with Crippen molar-refractivity contribution in [2.75, 3.05) is 5.32 Å². The molecule has 23 heavy (non-hydrogen) atoms. The van der Waals surface area contributed by atoms with E-state index in [2.05, 4.69) is 20.5 Å². The first kappa shape index (κ1) is 14.8. The van der Waals surface area contributed by atoms with E-state index in [9.17, 15) is 18.0 Å². The molecule has 0 aliphatic carbocycles. The molecule has 0 saturated heterocycles. The van der Waals surface area contributed by atoms with E-state index in [1.54, 1.807) is 24.3 Å². The predicted octanol–water partition coefficient (Wildman–Crippen LogP) is 3.13. The van der Waals surface area contributed by atoms with Crippen LogP contribution in [0.3, 0.4) is 0 Å². The minimum absolute atomic E-state index is 0.0502. The van der Waals surface area contributed by atoms with Crippen LogP contribution < -0.4 is 11.1 Å². The molecule has 3 aromatic rings. The number of pyridine rings is 1. The molecule has 0 spiro atoms. The van der Waals surface area contributed by atoms with Gasteiger partial charge in [-0.25, -0.2) is 9.78 Å². The number of aromatic amines is 1. The van der Waals surface area contributed by atoms with Crippen molar-refractivity contribution in [3.8, 4) is 11.1 Å². The van der Waals surface area contributed by atoms with Gasteiger partial charge in [-0.05, 0) is 29.3 Å². The smallest absolute Gasteiger partial charge is 0.351 e. The summed E-state index contributed by atoms with van der Waals surface area (Å²) in [5, 5.41) is 7.89. The summed E-state index contributed by atoms with van der Waals surface area (Å²) in [7, 11) is 0. The summed E-state index contributed by atoms with van der Waals surface area (Å²) in [5.41, 5.74) is 5.34. The Morgan fingerprint density at radius 1 is 1.17 bits per heavy atom. The molecule has 0 fully saturated rings. The van der Waals surface area contributed by atoms with Gasteiger partial charge in [-0.1, -0.05) is 12.1 Å². The summed E-state index contributed by atoms with van der Waals surface area (Å²) >= 11 is 0. The normalized spacial score (nSPS) is 11.6. The summed E-state index contributed by atoms with van der Waals surface area (Å²) in [5.74, 6) is 0. The summed E-state index contributed by atoms with van der Waals surface area (Å²) in [4.78, 5) is 14.7. The Kier molecular flexibility index (Phi) is 3.40. The Labute approximate surface area is 127 Å². The van der Waals surface area contributed by atoms with Crippen LogP contribution in [0.2, 0.25) is 0 Å². The highest BCUT2D eigenvalue weighted by Gasteiger charge is 2.37. The molecule has 0 aliphatic heterocycles. The third-order valence-electron chi connectivity index (χ3n) is 3.19. The molecule has 1 aromatic carbocycles. The van der Waals surface area contributed by atoms with Gasteiger partial charge in [-0.3, -0.25) is 5.10 Å². The van der Waals surface area contributed by atoms with Crippen molar-refractivity contribution < 1.29 is 18.0 Å². The fraction of sp³-hybridized carbons (Fsp3) is 0.0714. The van der Waals surface area contributed by atoms with Crippen LogP contribution in [0.5, 0.6) is 0 Å². The monoisotopic (exact) mass is 321 g/mol. The van der Waals surface area contributed by atoms with Gasteiger partial charge in [0.15, 0.2) is 11.3 Å². The summed E-state index contributed by atoms with van der Waals surface area (Å²) < 4.78 is 39.2. The van der Waals surface area contributed by atoms with Crippen molar-refractivity contribution >= 4 is 22.8 Å². The molecule has 0 unspecified atom stereocenters. The first-order chi connectivity index (χ1) is 10.9. The van der Waals surface area contributed by atoms with Crippen molar-refractivity contribution in [2.45, 2.75) is 6.18 Å². The van der Waals surface area contributed by atoms with E-state index in [1.165, 1.54) is 12.3 Å². The van der Waals surface area contributed by atoms with Gasteiger partial charge in [0, 0.05) is 11.9 Å². The van der Waals surface area contributed by atoms with Crippen molar-refractivity contribution in [3.05, 3.63) is 42.2 Å². The first-order valence-electron chi connectivity index (χ1n) is 6.43. The van der Waals surface area contributed by atoms with Gasteiger partial charge in [-0.2, -0.15) is 18.3 Å². The maximum absolute atomic E-state index is 13.1. The zero-order valence-electron chi connectivity index (χ0n) is 11.5. The molecule has 9 heteroatoms. The Morgan fingerprint density at radius 3 is 2.48 bits per heavy atom. The Bertz CT molecular complexity index is 870. The van der Waals surface area contributed by atoms with Gasteiger partial charge in [-0.15, -0.1) is 0 Å². The number of halogens is 3. The van der Waals surface area contributed by atoms with E-state index in [-0.39, 0.29) is 11.0 Å². The highest BCUT2D eigenvalue weighted by Crippen LogP contribution is 2.37. The Morgan fingerprint density at radius 2 is 1.87 bits per heavy atom. The number of amides is 2. The topological polar surface area (TPSA) is 96.7 Å². The number of nitrogens with zero attached hydrogens (tertiary/aromatic N) is 2. The molecule has 0 aliphatic rings. The number of hydrogen-bond acceptors (Lipinski definition) is 3. The Balaban J connectivity index is 2.12. The lowest BCUT2D eigenvalue weighted by molar-refractivity contribution is -0.139. The number of rotatable bonds is 2. The third kappa shape index (κ3) is 2.80. The quantitative estimate of drug-likeness (QED) is 0.676. The average molecular weight is 321 g/mol. The molecule has 0 radical (unpaired) electrons. The summed E-state index contributed by atoms with van der Waals surface area (Å²) in [6.45, 7) is 0. The highest BCUT2D eigenvalue weighted by molar-refractivity contribution is 5.95. The van der Waals surface area contributed by atoms with E-state index in [0.29, 0.717) is 16.8 Å². The molecule has 6 nitrogen and oxygen atoms in total. The number of hydrogen-bond donors (Lipinski definition) is 3. The number of aromatic nitrogens is 3. The van der Waals surface area contributed by atoms with Crippen molar-refractivity contribution in [3.63, 3.8) is 0 Å². The number of carbonyl (C=O) groups excluding carboxylic acids is 1. The number of fused-ring (bicyclic) bond motifs is 1. The number of nitrogens with one attached hydrogen (secondary N) is 2. The molecule has 118 valence electrons. The second-order valence-corrected chi connectivity index (χ2v) is 4.72. The lowest BCUT2D eigenvalue weighted by Gasteiger charge is -2.08. The first-order valence-corrected chi connectivity index (χ1v) is 6.43. The molecule has 2 amide bonds. The van der Waals surface area contributed by atoms with Crippen molar-refractivity contribution in [1.29, 1.82) is 0 Å². The number of alkyl halides is 3. The highest BCUT2D eigenvalue weighted by atomic mass is 19.4. The maximum Gasteiger partial charge on any atom is 0.435 e. The number of H-pyrrole nitrogens is 1. The van der Waals surface area contributed by atoms with E-state index < -0.39 is 17.9 Å². The molecule has 2 aromatic heterocycles. The number of primary amides is 1. The van der Waals surface area contributed by atoms with Crippen LogP contribution >= 0.6 is 0 Å². The van der Waals surface area contributed by atoms with Crippen LogP contribution in [0.15, 0.2) is 36.5 Å². The van der Waals surface area contributed by atoms with E-state index in [1.807, 2.05) is 0 Å². The van der Waals surface area contributed by atoms with Gasteiger partial charge < -0.3 is 11.1 Å². The lowest BCUT2D eigenvalue weighted by Crippen LogP contribution is -2.19. The number of urea groups is 1. The number of nitrogens with two attached hydrogens (primary N) is 1. The van der Waals surface area contributed by atoms with Gasteiger partial charge >= 0.3 is 12.2 Å². The minimum Gasteiger partial charge on any atom is -0.351 e. The minimum atomic E-state index is -4.59. The van der Waals surface area contributed by atoms with Crippen LogP contribution in [-0.4, -0.2) is 21.2 Å². The average Bonchev–Trinajstić information content (AvgIpc) is 2.91. The van der Waals surface area contributed by atoms with Gasteiger partial charge in [0.25, 0.3) is 0 Å². The fourth-order valence-corrected chi connectivity index (χ4v) is 2.27. The number of benzene rings is 1. The van der Waals surface area contributed by atoms with Gasteiger partial charge in [0.05, 0.1) is 5.39 Å². The predicted molar refractivity (Wildman–Crippen MR) is 77.5 cm³/mol. The maximum atomic E-state index is 13.1. The zero-order valence-corrected chi connectivity index (χ0v) is 11.5. The second kappa shape index (κ2) is 5.27. The SMILES string of the molecule is NC(=O)Nc1ccc(-c2ccnc3[nH]nc(C(F)(F)F)c23)cc1. The number of anilines is 1. The molecule has 0 bridgehead atoms. The second-order valence-electron chi connectivity index (χ2n) is 4.72. The molecule has 0 atom stereocenters. The molecule has 0 saturated carbocycles. The van der Waals surface area contributed by atoms with Gasteiger partial charge in [0.1, 0.15) is 0 Å². The summed E-state index contributed by atoms with van der Waals surface area (Å²) in [6, 6.07) is 6.99. The van der Waals surface area contributed by atoms with E-state index in [4.69, 9.17) is 5.73 Å². The zero-order chi connectivity index (χ0) is 16.6. The molecule has 2 heterocycles. The van der Waals surface area contributed by atoms with Crippen LogP contribution in [0.25, 0.3) is 22.2 Å². The fourth-order valence-electron chi connectivity index (χ4n) is 2.27. The Hall–Kier alpha value is -3.10. The standard InChI is InChI=1S/C14H10F3N5O/c15-14(16,17)11-10-9(5-6-19-12(10)22-21-11)7-1-3-8(4-2-7)20-13(18)23/h1-6H,(H3,18,20,23)(H,19,21,22). The molecule has 3 rings (SSSR count). The van der Waals surface area contributed by atoms with Gasteiger partial charge in [0.2, 0.25) is 0 Å². The largest absolute Gasteiger partial charge is 0.435 e. The molecule has 4 N–H and O–H groups in total. The van der Waals surface area contributed by atoms with E-state index >= 15 is 0 Å². The summed E-state index contributed by atoms with van der Waals surface area (Å²) in [6.07, 6.45) is -3.20. The van der Waals surface area contributed by atoms with Crippen LogP contribution in [-0.2, 0) is 6.18 Å². The molecular weight excluding hydrogens is 311 g/mol. The van der Waals surface area contributed by atoms with Crippen LogP contribution in [0.4, 0.5) is 23.7 Å². The lowest BCUT2D eigenvalue weighted by atomic mass is 10.0. The van der Waals surface area contributed by atoms with E-state index in [0.717, 1.165) is 0 Å². The van der Waals surface area contributed by atoms with Crippen molar-refractivity contribution in [1.82, 2.24) is 15.2 Å². The van der Waals surface area contributed by atoms with Crippen LogP contribution in [0, 0.1) is 0 Å².